The molecule has 2 aromatic rings. The number of hydrogen-bond acceptors (Lipinski definition) is 6. The molecule has 3 N–H and O–H groups in total. The molecule has 6 heteroatoms. The van der Waals surface area contributed by atoms with Crippen LogP contribution in [0.1, 0.15) is 68.1 Å². The minimum absolute atomic E-state index is 0.0172. The van der Waals surface area contributed by atoms with Crippen LogP contribution in [-0.4, -0.2) is 46.7 Å². The number of aliphatic hydroxyl groups excluding tert-OH is 2. The number of phenolic OH excluding ortho intramolecular Hbond substituents is 1. The smallest absolute Gasteiger partial charge is 0.172 e. The number of benzene rings is 2. The summed E-state index contributed by atoms with van der Waals surface area (Å²) in [4.78, 5) is 26.0. The molecule has 0 bridgehead atoms. The standard InChI is InChI=1S/C30H36O6/c1-3-8-20(19-31)13-14-22-11-7-12-24(21-9-5-4-6-10-21)25-18-27(33)28(36-2)17-23(25)15-16-26(32)30(35)29(22)34/h4-6,9-10,17-18,20,22,24,30-31,33,35H,3,8,11,13-16,19H2,1-2H3/t20-,22+,24-,30+/m0/s1. The zero-order chi connectivity index (χ0) is 26.1. The van der Waals surface area contributed by atoms with Crippen molar-refractivity contribution in [3.8, 4) is 23.3 Å². The van der Waals surface area contributed by atoms with Gasteiger partial charge in [0.05, 0.1) is 13.0 Å². The van der Waals surface area contributed by atoms with Crippen LogP contribution >= 0.6 is 0 Å². The van der Waals surface area contributed by atoms with E-state index in [-0.39, 0.29) is 49.2 Å². The Morgan fingerprint density at radius 1 is 1.11 bits per heavy atom. The molecule has 6 nitrogen and oxygen atoms in total. The van der Waals surface area contributed by atoms with Crippen molar-refractivity contribution >= 4 is 11.6 Å². The third-order valence-corrected chi connectivity index (χ3v) is 6.98. The molecule has 0 aliphatic heterocycles. The van der Waals surface area contributed by atoms with E-state index in [9.17, 15) is 24.9 Å². The van der Waals surface area contributed by atoms with E-state index >= 15 is 0 Å². The van der Waals surface area contributed by atoms with Crippen molar-refractivity contribution in [1.82, 2.24) is 0 Å². The Hall–Kier alpha value is -3.14. The first-order valence-electron chi connectivity index (χ1n) is 12.7. The largest absolute Gasteiger partial charge is 0.504 e. The fourth-order valence-electron chi connectivity index (χ4n) is 4.84. The first kappa shape index (κ1) is 27.4. The number of carbonyl (C=O) groups excluding carboxylic acids is 2. The second-order valence-electron chi connectivity index (χ2n) is 9.47. The van der Waals surface area contributed by atoms with Crippen LogP contribution in [-0.2, 0) is 16.0 Å². The Bertz CT molecular complexity index is 1100. The molecule has 0 amide bonds. The van der Waals surface area contributed by atoms with E-state index in [0.29, 0.717) is 12.8 Å². The van der Waals surface area contributed by atoms with Crippen molar-refractivity contribution in [2.75, 3.05) is 13.7 Å². The molecule has 36 heavy (non-hydrogen) atoms. The number of Topliss-reactive ketones (excluding diaryl/α,β-unsaturated/α-hetero) is 2. The number of hydrogen-bond donors (Lipinski definition) is 3. The minimum atomic E-state index is -1.69. The number of methoxy groups -OCH3 is 1. The molecule has 0 saturated heterocycles. The molecule has 2 aromatic carbocycles. The number of aryl methyl sites for hydroxylation is 1. The lowest BCUT2D eigenvalue weighted by atomic mass is 9.83. The van der Waals surface area contributed by atoms with Gasteiger partial charge in [0, 0.05) is 25.4 Å². The van der Waals surface area contributed by atoms with E-state index in [1.54, 1.807) is 12.1 Å². The van der Waals surface area contributed by atoms with E-state index in [4.69, 9.17) is 4.74 Å². The Kier molecular flexibility index (Phi) is 10.1. The average Bonchev–Trinajstić information content (AvgIpc) is 2.90. The second-order valence-corrected chi connectivity index (χ2v) is 9.47. The van der Waals surface area contributed by atoms with Crippen LogP contribution in [0.25, 0.3) is 0 Å². The maximum Gasteiger partial charge on any atom is 0.172 e. The lowest BCUT2D eigenvalue weighted by Gasteiger charge is -2.22. The number of rotatable bonds is 8. The average molecular weight is 493 g/mol. The van der Waals surface area contributed by atoms with E-state index < -0.39 is 23.6 Å². The van der Waals surface area contributed by atoms with Gasteiger partial charge in [-0.3, -0.25) is 9.59 Å². The zero-order valence-corrected chi connectivity index (χ0v) is 21.1. The van der Waals surface area contributed by atoms with Crippen molar-refractivity contribution in [2.24, 2.45) is 11.8 Å². The highest BCUT2D eigenvalue weighted by Crippen LogP contribution is 2.36. The lowest BCUT2D eigenvalue weighted by Crippen LogP contribution is -2.35. The lowest BCUT2D eigenvalue weighted by molar-refractivity contribution is -0.141. The molecule has 0 saturated carbocycles. The first-order chi connectivity index (χ1) is 17.4. The summed E-state index contributed by atoms with van der Waals surface area (Å²) in [6.07, 6.45) is 1.62. The van der Waals surface area contributed by atoms with E-state index in [0.717, 1.165) is 29.5 Å². The maximum absolute atomic E-state index is 13.1. The van der Waals surface area contributed by atoms with Crippen LogP contribution in [0.2, 0.25) is 0 Å². The topological polar surface area (TPSA) is 104 Å². The second kappa shape index (κ2) is 13.2. The van der Waals surface area contributed by atoms with Gasteiger partial charge < -0.3 is 20.1 Å². The predicted molar refractivity (Wildman–Crippen MR) is 138 cm³/mol. The Morgan fingerprint density at radius 2 is 1.86 bits per heavy atom. The number of fused-ring (bicyclic) bond motifs is 1. The molecule has 0 fully saturated rings. The summed E-state index contributed by atoms with van der Waals surface area (Å²) in [7, 11) is 1.46. The molecule has 192 valence electrons. The minimum Gasteiger partial charge on any atom is -0.504 e. The van der Waals surface area contributed by atoms with Crippen LogP contribution in [0.3, 0.4) is 0 Å². The van der Waals surface area contributed by atoms with Crippen molar-refractivity contribution in [1.29, 1.82) is 0 Å². The van der Waals surface area contributed by atoms with Crippen LogP contribution in [0, 0.1) is 23.7 Å². The van der Waals surface area contributed by atoms with Crippen LogP contribution in [0.4, 0.5) is 0 Å². The van der Waals surface area contributed by atoms with Gasteiger partial charge in [0.25, 0.3) is 0 Å². The van der Waals surface area contributed by atoms with E-state index in [2.05, 4.69) is 11.8 Å². The molecule has 0 radical (unpaired) electrons. The normalized spacial score (nSPS) is 21.4. The maximum atomic E-state index is 13.1. The summed E-state index contributed by atoms with van der Waals surface area (Å²) in [5, 5.41) is 30.8. The number of carbonyl (C=O) groups is 2. The number of aromatic hydroxyl groups is 1. The van der Waals surface area contributed by atoms with Crippen LogP contribution in [0.15, 0.2) is 42.5 Å². The summed E-state index contributed by atoms with van der Waals surface area (Å²) in [6, 6.07) is 13.0. The van der Waals surface area contributed by atoms with Crippen LogP contribution < -0.4 is 4.74 Å². The van der Waals surface area contributed by atoms with E-state index in [1.165, 1.54) is 7.11 Å². The molecule has 0 aromatic heterocycles. The third-order valence-electron chi connectivity index (χ3n) is 6.98. The monoisotopic (exact) mass is 492 g/mol. The fraction of sp³-hybridized carbons (Fsp3) is 0.467. The van der Waals surface area contributed by atoms with Gasteiger partial charge in [-0.15, -0.1) is 5.92 Å². The summed E-state index contributed by atoms with van der Waals surface area (Å²) in [5.41, 5.74) is 2.47. The molecule has 0 spiro atoms. The highest BCUT2D eigenvalue weighted by molar-refractivity contribution is 6.06. The number of phenols is 1. The van der Waals surface area contributed by atoms with Crippen molar-refractivity contribution in [2.45, 2.75) is 63.9 Å². The fourth-order valence-corrected chi connectivity index (χ4v) is 4.84. The Balaban J connectivity index is 2.04. The Labute approximate surface area is 213 Å². The molecule has 1 aliphatic rings. The predicted octanol–water partition coefficient (Wildman–Crippen LogP) is 4.18. The molecular weight excluding hydrogens is 456 g/mol. The number of aliphatic hydroxyl groups is 2. The first-order valence-corrected chi connectivity index (χ1v) is 12.7. The number of ketones is 2. The summed E-state index contributed by atoms with van der Waals surface area (Å²) in [5.74, 6) is 4.82. The molecule has 1 aliphatic carbocycles. The molecule has 0 heterocycles. The van der Waals surface area contributed by atoms with Gasteiger partial charge in [0.1, 0.15) is 0 Å². The van der Waals surface area contributed by atoms with Gasteiger partial charge in [-0.1, -0.05) is 49.6 Å². The van der Waals surface area contributed by atoms with E-state index in [1.807, 2.05) is 37.3 Å². The highest BCUT2D eigenvalue weighted by Gasteiger charge is 2.31. The highest BCUT2D eigenvalue weighted by atomic mass is 16.5. The van der Waals surface area contributed by atoms with Crippen molar-refractivity contribution in [3.05, 3.63) is 59.2 Å². The summed E-state index contributed by atoms with van der Waals surface area (Å²) >= 11 is 0. The van der Waals surface area contributed by atoms with Gasteiger partial charge in [0.2, 0.25) is 0 Å². The SMILES string of the molecule is CCC[C@H](CO)CC[C@H]1CC#C[C@@H](c2ccccc2)c2cc(O)c(OC)cc2CCC(=O)[C@@H](O)C1=O. The van der Waals surface area contributed by atoms with Crippen molar-refractivity contribution < 1.29 is 29.6 Å². The van der Waals surface area contributed by atoms with Crippen LogP contribution in [0.5, 0.6) is 11.5 Å². The summed E-state index contributed by atoms with van der Waals surface area (Å²) in [6.45, 7) is 2.09. The number of ether oxygens (including phenoxy) is 1. The van der Waals surface area contributed by atoms with Gasteiger partial charge >= 0.3 is 0 Å². The summed E-state index contributed by atoms with van der Waals surface area (Å²) < 4.78 is 5.28. The molecule has 4 atom stereocenters. The molecular formula is C30H36O6. The zero-order valence-electron chi connectivity index (χ0n) is 21.1. The van der Waals surface area contributed by atoms with Gasteiger partial charge in [-0.2, -0.15) is 0 Å². The molecule has 3 rings (SSSR count). The Morgan fingerprint density at radius 3 is 2.53 bits per heavy atom. The quantitative estimate of drug-likeness (QED) is 0.377. The molecule has 0 unspecified atom stereocenters. The van der Waals surface area contributed by atoms with Gasteiger partial charge in [-0.25, -0.2) is 0 Å². The van der Waals surface area contributed by atoms with Gasteiger partial charge in [-0.05, 0) is 60.4 Å². The third kappa shape index (κ3) is 6.75. The van der Waals surface area contributed by atoms with Crippen molar-refractivity contribution in [3.63, 3.8) is 0 Å². The van der Waals surface area contributed by atoms with Gasteiger partial charge in [0.15, 0.2) is 29.2 Å².